The summed E-state index contributed by atoms with van der Waals surface area (Å²) in [5, 5.41) is 5.76. The molecule has 5 nitrogen and oxygen atoms in total. The Labute approximate surface area is 149 Å². The van der Waals surface area contributed by atoms with E-state index in [1.54, 1.807) is 0 Å². The minimum Gasteiger partial charge on any atom is -0.343 e. The SMILES string of the molecule is CCCn1ncc(CN2CCC(c3cc4cccnc4[nH]3)CC2)c1C. The zero-order valence-electron chi connectivity index (χ0n) is 15.2. The van der Waals surface area contributed by atoms with Crippen molar-refractivity contribution in [2.45, 2.75) is 52.1 Å². The molecule has 5 heteroatoms. The standard InChI is InChI=1S/C20H27N5/c1-3-9-25-15(2)18(13-22-25)14-24-10-6-16(7-11-24)19-12-17-5-4-8-21-20(17)23-19/h4-5,8,12-13,16H,3,6-7,9-11,14H2,1-2H3,(H,21,23). The number of hydrogen-bond donors (Lipinski definition) is 1. The molecule has 0 saturated carbocycles. The Hall–Kier alpha value is -2.14. The molecule has 3 aromatic heterocycles. The van der Waals surface area contributed by atoms with E-state index in [9.17, 15) is 0 Å². The first-order chi connectivity index (χ1) is 12.2. The van der Waals surface area contributed by atoms with Crippen LogP contribution in [0.15, 0.2) is 30.6 Å². The Bertz CT molecular complexity index is 806. The summed E-state index contributed by atoms with van der Waals surface area (Å²) in [5.41, 5.74) is 5.06. The molecule has 0 aliphatic carbocycles. The van der Waals surface area contributed by atoms with Crippen LogP contribution in [0.1, 0.15) is 49.1 Å². The molecule has 25 heavy (non-hydrogen) atoms. The van der Waals surface area contributed by atoms with Gasteiger partial charge in [0.2, 0.25) is 0 Å². The third-order valence-corrected chi connectivity index (χ3v) is 5.47. The van der Waals surface area contributed by atoms with E-state index in [4.69, 9.17) is 0 Å². The molecule has 0 bridgehead atoms. The molecule has 0 aromatic carbocycles. The summed E-state index contributed by atoms with van der Waals surface area (Å²) in [5.74, 6) is 0.620. The predicted molar refractivity (Wildman–Crippen MR) is 101 cm³/mol. The Morgan fingerprint density at radius 1 is 1.28 bits per heavy atom. The molecule has 1 N–H and O–H groups in total. The summed E-state index contributed by atoms with van der Waals surface area (Å²) < 4.78 is 2.14. The number of nitrogens with zero attached hydrogens (tertiary/aromatic N) is 4. The van der Waals surface area contributed by atoms with Gasteiger partial charge in [-0.05, 0) is 57.5 Å². The van der Waals surface area contributed by atoms with Crippen molar-refractivity contribution in [3.8, 4) is 0 Å². The number of rotatable bonds is 5. The third kappa shape index (κ3) is 3.33. The number of hydrogen-bond acceptors (Lipinski definition) is 3. The van der Waals surface area contributed by atoms with Gasteiger partial charge in [0.25, 0.3) is 0 Å². The van der Waals surface area contributed by atoms with E-state index in [0.29, 0.717) is 5.92 Å². The monoisotopic (exact) mass is 337 g/mol. The normalized spacial score (nSPS) is 16.7. The lowest BCUT2D eigenvalue weighted by atomic mass is 9.93. The largest absolute Gasteiger partial charge is 0.343 e. The van der Waals surface area contributed by atoms with E-state index < -0.39 is 0 Å². The Morgan fingerprint density at radius 3 is 2.88 bits per heavy atom. The van der Waals surface area contributed by atoms with Crippen LogP contribution in [0.25, 0.3) is 11.0 Å². The average Bonchev–Trinajstić information content (AvgIpc) is 3.21. The van der Waals surface area contributed by atoms with Gasteiger partial charge < -0.3 is 4.98 Å². The van der Waals surface area contributed by atoms with Crippen molar-refractivity contribution in [2.75, 3.05) is 13.1 Å². The van der Waals surface area contributed by atoms with Gasteiger partial charge in [0.15, 0.2) is 0 Å². The summed E-state index contributed by atoms with van der Waals surface area (Å²) in [6.45, 7) is 8.73. The highest BCUT2D eigenvalue weighted by Gasteiger charge is 2.23. The van der Waals surface area contributed by atoms with Crippen LogP contribution in [-0.4, -0.2) is 37.7 Å². The Morgan fingerprint density at radius 2 is 2.12 bits per heavy atom. The van der Waals surface area contributed by atoms with Crippen molar-refractivity contribution >= 4 is 11.0 Å². The third-order valence-electron chi connectivity index (χ3n) is 5.47. The van der Waals surface area contributed by atoms with Crippen LogP contribution in [0, 0.1) is 6.92 Å². The van der Waals surface area contributed by atoms with E-state index in [2.05, 4.69) is 56.8 Å². The van der Waals surface area contributed by atoms with E-state index in [1.807, 2.05) is 12.3 Å². The lowest BCUT2D eigenvalue weighted by Gasteiger charge is -2.31. The lowest BCUT2D eigenvalue weighted by Crippen LogP contribution is -2.32. The first-order valence-corrected chi connectivity index (χ1v) is 9.42. The van der Waals surface area contributed by atoms with Crippen molar-refractivity contribution in [2.24, 2.45) is 0 Å². The molecule has 3 aromatic rings. The predicted octanol–water partition coefficient (Wildman–Crippen LogP) is 3.86. The maximum absolute atomic E-state index is 4.54. The molecule has 0 atom stereocenters. The zero-order valence-corrected chi connectivity index (χ0v) is 15.2. The van der Waals surface area contributed by atoms with Crippen LogP contribution in [0.2, 0.25) is 0 Å². The number of aryl methyl sites for hydroxylation is 1. The number of aromatic nitrogens is 4. The van der Waals surface area contributed by atoms with Gasteiger partial charge >= 0.3 is 0 Å². The van der Waals surface area contributed by atoms with E-state index >= 15 is 0 Å². The second-order valence-corrected chi connectivity index (χ2v) is 7.19. The highest BCUT2D eigenvalue weighted by molar-refractivity contribution is 5.76. The Kier molecular flexibility index (Phi) is 4.57. The summed E-state index contributed by atoms with van der Waals surface area (Å²) in [7, 11) is 0. The van der Waals surface area contributed by atoms with Crippen LogP contribution in [0.5, 0.6) is 0 Å². The van der Waals surface area contributed by atoms with E-state index in [1.165, 1.54) is 35.2 Å². The molecule has 0 amide bonds. The highest BCUT2D eigenvalue weighted by atomic mass is 15.3. The molecular weight excluding hydrogens is 310 g/mol. The first-order valence-electron chi connectivity index (χ1n) is 9.42. The fourth-order valence-electron chi connectivity index (χ4n) is 3.92. The molecule has 0 unspecified atom stereocenters. The van der Waals surface area contributed by atoms with Gasteiger partial charge in [-0.15, -0.1) is 0 Å². The van der Waals surface area contributed by atoms with Crippen molar-refractivity contribution in [1.29, 1.82) is 0 Å². The second kappa shape index (κ2) is 7.00. The highest BCUT2D eigenvalue weighted by Crippen LogP contribution is 2.30. The molecule has 4 rings (SSSR count). The van der Waals surface area contributed by atoms with Gasteiger partial charge in [0.05, 0.1) is 6.20 Å². The van der Waals surface area contributed by atoms with Gasteiger partial charge in [0, 0.05) is 47.5 Å². The van der Waals surface area contributed by atoms with Crippen LogP contribution in [0.3, 0.4) is 0 Å². The van der Waals surface area contributed by atoms with E-state index in [-0.39, 0.29) is 0 Å². The summed E-state index contributed by atoms with van der Waals surface area (Å²) in [6.07, 6.45) is 7.45. The lowest BCUT2D eigenvalue weighted by molar-refractivity contribution is 0.203. The topological polar surface area (TPSA) is 49.7 Å². The molecule has 1 aliphatic rings. The number of likely N-dealkylation sites (tertiary alicyclic amines) is 1. The molecule has 132 valence electrons. The molecule has 1 saturated heterocycles. The molecule has 4 heterocycles. The van der Waals surface area contributed by atoms with Crippen LogP contribution >= 0.6 is 0 Å². The van der Waals surface area contributed by atoms with Crippen molar-refractivity contribution in [3.05, 3.63) is 47.5 Å². The maximum atomic E-state index is 4.54. The number of piperidine rings is 1. The van der Waals surface area contributed by atoms with Gasteiger partial charge in [-0.1, -0.05) is 6.92 Å². The molecule has 1 aliphatic heterocycles. The van der Waals surface area contributed by atoms with Gasteiger partial charge in [-0.2, -0.15) is 5.10 Å². The molecule has 0 radical (unpaired) electrons. The van der Waals surface area contributed by atoms with Gasteiger partial charge in [-0.3, -0.25) is 9.58 Å². The number of H-pyrrole nitrogens is 1. The van der Waals surface area contributed by atoms with Crippen LogP contribution in [0.4, 0.5) is 0 Å². The molecule has 1 fully saturated rings. The summed E-state index contributed by atoms with van der Waals surface area (Å²) >= 11 is 0. The van der Waals surface area contributed by atoms with Crippen molar-refractivity contribution in [3.63, 3.8) is 0 Å². The van der Waals surface area contributed by atoms with Crippen LogP contribution < -0.4 is 0 Å². The first kappa shape index (κ1) is 16.3. The second-order valence-electron chi connectivity index (χ2n) is 7.19. The number of nitrogens with one attached hydrogen (secondary N) is 1. The fourth-order valence-corrected chi connectivity index (χ4v) is 3.92. The number of fused-ring (bicyclic) bond motifs is 1. The van der Waals surface area contributed by atoms with E-state index in [0.717, 1.165) is 38.2 Å². The summed E-state index contributed by atoms with van der Waals surface area (Å²) in [6, 6.07) is 6.42. The number of pyridine rings is 1. The van der Waals surface area contributed by atoms with Crippen LogP contribution in [-0.2, 0) is 13.1 Å². The molecular formula is C20H27N5. The fraction of sp³-hybridized carbons (Fsp3) is 0.500. The van der Waals surface area contributed by atoms with Gasteiger partial charge in [0.1, 0.15) is 5.65 Å². The Balaban J connectivity index is 1.38. The smallest absolute Gasteiger partial charge is 0.137 e. The molecule has 0 spiro atoms. The summed E-state index contributed by atoms with van der Waals surface area (Å²) in [4.78, 5) is 10.5. The quantitative estimate of drug-likeness (QED) is 0.769. The van der Waals surface area contributed by atoms with Crippen molar-refractivity contribution in [1.82, 2.24) is 24.6 Å². The minimum atomic E-state index is 0.620. The average molecular weight is 337 g/mol. The number of aromatic amines is 1. The minimum absolute atomic E-state index is 0.620. The van der Waals surface area contributed by atoms with Gasteiger partial charge in [-0.25, -0.2) is 4.98 Å². The maximum Gasteiger partial charge on any atom is 0.137 e. The zero-order chi connectivity index (χ0) is 17.2. The van der Waals surface area contributed by atoms with Crippen molar-refractivity contribution < 1.29 is 0 Å².